The zero-order chi connectivity index (χ0) is 15.7. The van der Waals surface area contributed by atoms with E-state index < -0.39 is 5.72 Å². The predicted molar refractivity (Wildman–Crippen MR) is 81.7 cm³/mol. The van der Waals surface area contributed by atoms with E-state index in [-0.39, 0.29) is 17.7 Å². The molecule has 116 valence electrons. The summed E-state index contributed by atoms with van der Waals surface area (Å²) in [6.45, 7) is 10.3. The molecular weight excluding hydrogens is 266 g/mol. The molecule has 4 heteroatoms. The van der Waals surface area contributed by atoms with E-state index in [0.717, 1.165) is 11.8 Å². The zero-order valence-corrected chi connectivity index (χ0v) is 13.5. The van der Waals surface area contributed by atoms with E-state index >= 15 is 0 Å². The van der Waals surface area contributed by atoms with Crippen LogP contribution in [0, 0.1) is 0 Å². The van der Waals surface area contributed by atoms with E-state index in [1.54, 1.807) is 0 Å². The predicted octanol–water partition coefficient (Wildman–Crippen LogP) is 3.14. The summed E-state index contributed by atoms with van der Waals surface area (Å²) in [5.41, 5.74) is 0.215. The number of carbonyl (C=O) groups is 1. The molecule has 1 fully saturated rings. The van der Waals surface area contributed by atoms with Gasteiger partial charge in [0.25, 0.3) is 0 Å². The van der Waals surface area contributed by atoms with E-state index in [9.17, 15) is 4.79 Å². The highest BCUT2D eigenvalue weighted by molar-refractivity contribution is 5.60. The third kappa shape index (κ3) is 3.70. The summed E-state index contributed by atoms with van der Waals surface area (Å²) < 4.78 is 12.0. The molecule has 0 amide bonds. The average molecular weight is 291 g/mol. The SMILES string of the molecule is CC(C)(C)OCN1[C@H](C=O)[C@@H](c2ccccc2)OC1(C)C. The van der Waals surface area contributed by atoms with Crippen LogP contribution in [0.4, 0.5) is 0 Å². The van der Waals surface area contributed by atoms with Gasteiger partial charge in [-0.2, -0.15) is 0 Å². The highest BCUT2D eigenvalue weighted by Crippen LogP contribution is 2.40. The molecule has 1 heterocycles. The van der Waals surface area contributed by atoms with Gasteiger partial charge in [0.05, 0.1) is 5.60 Å². The lowest BCUT2D eigenvalue weighted by atomic mass is 10.0. The molecule has 1 aromatic carbocycles. The first kappa shape index (κ1) is 16.1. The van der Waals surface area contributed by atoms with Crippen molar-refractivity contribution < 1.29 is 14.3 Å². The highest BCUT2D eigenvalue weighted by Gasteiger charge is 2.48. The van der Waals surface area contributed by atoms with Gasteiger partial charge in [-0.1, -0.05) is 30.3 Å². The third-order valence-corrected chi connectivity index (χ3v) is 3.68. The van der Waals surface area contributed by atoms with Crippen molar-refractivity contribution in [3.63, 3.8) is 0 Å². The van der Waals surface area contributed by atoms with Gasteiger partial charge in [0.2, 0.25) is 0 Å². The molecule has 0 aromatic heterocycles. The molecule has 0 unspecified atom stereocenters. The maximum atomic E-state index is 11.6. The van der Waals surface area contributed by atoms with Gasteiger partial charge in [-0.05, 0) is 40.2 Å². The summed E-state index contributed by atoms with van der Waals surface area (Å²) in [5, 5.41) is 0. The maximum Gasteiger partial charge on any atom is 0.140 e. The summed E-state index contributed by atoms with van der Waals surface area (Å²) >= 11 is 0. The molecule has 1 saturated heterocycles. The lowest BCUT2D eigenvalue weighted by Gasteiger charge is -2.33. The third-order valence-electron chi connectivity index (χ3n) is 3.68. The topological polar surface area (TPSA) is 38.8 Å². The molecule has 1 aliphatic heterocycles. The van der Waals surface area contributed by atoms with Crippen LogP contribution in [-0.2, 0) is 14.3 Å². The molecule has 0 aliphatic carbocycles. The van der Waals surface area contributed by atoms with Crippen LogP contribution in [0.25, 0.3) is 0 Å². The Balaban J connectivity index is 2.22. The fourth-order valence-corrected chi connectivity index (χ4v) is 2.53. The Bertz CT molecular complexity index is 479. The number of aldehydes is 1. The number of carbonyl (C=O) groups excluding carboxylic acids is 1. The first-order valence-corrected chi connectivity index (χ1v) is 7.33. The van der Waals surface area contributed by atoms with Crippen molar-refractivity contribution in [2.24, 2.45) is 0 Å². The van der Waals surface area contributed by atoms with E-state index in [4.69, 9.17) is 9.47 Å². The minimum absolute atomic E-state index is 0.256. The molecule has 2 atom stereocenters. The van der Waals surface area contributed by atoms with Gasteiger partial charge in [-0.15, -0.1) is 0 Å². The van der Waals surface area contributed by atoms with Crippen LogP contribution in [0.1, 0.15) is 46.3 Å². The quantitative estimate of drug-likeness (QED) is 0.799. The Morgan fingerprint density at radius 2 is 1.90 bits per heavy atom. The number of hydrogen-bond acceptors (Lipinski definition) is 4. The molecule has 2 rings (SSSR count). The van der Waals surface area contributed by atoms with Crippen molar-refractivity contribution in [2.45, 2.75) is 58.1 Å². The minimum Gasteiger partial charge on any atom is -0.360 e. The number of hydrogen-bond donors (Lipinski definition) is 0. The highest BCUT2D eigenvalue weighted by atomic mass is 16.6. The Hall–Kier alpha value is -1.23. The van der Waals surface area contributed by atoms with E-state index in [1.807, 2.05) is 69.9 Å². The fraction of sp³-hybridized carbons (Fsp3) is 0.588. The molecule has 0 saturated carbocycles. The summed E-state index contributed by atoms with van der Waals surface area (Å²) in [5.74, 6) is 0. The Kier molecular flexibility index (Phi) is 4.51. The molecule has 0 bridgehead atoms. The lowest BCUT2D eigenvalue weighted by Crippen LogP contribution is -2.47. The van der Waals surface area contributed by atoms with E-state index in [1.165, 1.54) is 0 Å². The van der Waals surface area contributed by atoms with Crippen LogP contribution >= 0.6 is 0 Å². The molecule has 4 nitrogen and oxygen atoms in total. The average Bonchev–Trinajstić information content (AvgIpc) is 2.67. The summed E-state index contributed by atoms with van der Waals surface area (Å²) in [6, 6.07) is 9.52. The Labute approximate surface area is 127 Å². The van der Waals surface area contributed by atoms with Crippen molar-refractivity contribution in [3.05, 3.63) is 35.9 Å². The fourth-order valence-electron chi connectivity index (χ4n) is 2.53. The second kappa shape index (κ2) is 5.87. The van der Waals surface area contributed by atoms with Crippen molar-refractivity contribution in [1.29, 1.82) is 0 Å². The molecular formula is C17H25NO3. The summed E-state index contributed by atoms with van der Waals surface area (Å²) in [4.78, 5) is 13.6. The van der Waals surface area contributed by atoms with Gasteiger partial charge >= 0.3 is 0 Å². The summed E-state index contributed by atoms with van der Waals surface area (Å²) in [7, 11) is 0. The van der Waals surface area contributed by atoms with Gasteiger partial charge < -0.3 is 14.3 Å². The van der Waals surface area contributed by atoms with Crippen LogP contribution < -0.4 is 0 Å². The Morgan fingerprint density at radius 3 is 2.43 bits per heavy atom. The first-order valence-electron chi connectivity index (χ1n) is 7.33. The van der Waals surface area contributed by atoms with Crippen LogP contribution in [0.15, 0.2) is 30.3 Å². The van der Waals surface area contributed by atoms with Gasteiger partial charge in [0.1, 0.15) is 30.9 Å². The maximum absolute atomic E-state index is 11.6. The summed E-state index contributed by atoms with van der Waals surface area (Å²) in [6.07, 6.45) is 0.695. The normalized spacial score (nSPS) is 26.0. The Morgan fingerprint density at radius 1 is 1.29 bits per heavy atom. The number of ether oxygens (including phenoxy) is 2. The second-order valence-corrected chi connectivity index (χ2v) is 6.88. The van der Waals surface area contributed by atoms with Gasteiger partial charge in [-0.3, -0.25) is 0 Å². The minimum atomic E-state index is -0.544. The van der Waals surface area contributed by atoms with Crippen LogP contribution in [0.3, 0.4) is 0 Å². The van der Waals surface area contributed by atoms with Gasteiger partial charge in [0.15, 0.2) is 0 Å². The number of benzene rings is 1. The number of rotatable bonds is 4. The zero-order valence-electron chi connectivity index (χ0n) is 13.5. The smallest absolute Gasteiger partial charge is 0.140 e. The van der Waals surface area contributed by atoms with Crippen LogP contribution in [0.2, 0.25) is 0 Å². The van der Waals surface area contributed by atoms with E-state index in [2.05, 4.69) is 0 Å². The standard InChI is InChI=1S/C17H25NO3/c1-16(2,3)20-12-18-14(11-19)15(21-17(18,4)5)13-9-7-6-8-10-13/h6-11,14-15H,12H2,1-5H3/t14-,15-/m1/s1. The first-order chi connectivity index (χ1) is 9.74. The van der Waals surface area contributed by atoms with Crippen LogP contribution in [-0.4, -0.2) is 35.3 Å². The molecule has 1 aromatic rings. The number of nitrogens with zero attached hydrogens (tertiary/aromatic N) is 1. The van der Waals surface area contributed by atoms with Gasteiger partial charge in [-0.25, -0.2) is 4.90 Å². The largest absolute Gasteiger partial charge is 0.360 e. The van der Waals surface area contributed by atoms with E-state index in [0.29, 0.717) is 6.73 Å². The molecule has 0 spiro atoms. The van der Waals surface area contributed by atoms with Gasteiger partial charge in [0, 0.05) is 0 Å². The lowest BCUT2D eigenvalue weighted by molar-refractivity contribution is -0.144. The molecule has 1 aliphatic rings. The molecule has 21 heavy (non-hydrogen) atoms. The molecule has 0 radical (unpaired) electrons. The van der Waals surface area contributed by atoms with Crippen molar-refractivity contribution in [1.82, 2.24) is 4.90 Å². The van der Waals surface area contributed by atoms with Crippen molar-refractivity contribution >= 4 is 6.29 Å². The van der Waals surface area contributed by atoms with Crippen molar-refractivity contribution in [3.8, 4) is 0 Å². The molecule has 0 N–H and O–H groups in total. The monoisotopic (exact) mass is 291 g/mol. The second-order valence-electron chi connectivity index (χ2n) is 6.88. The van der Waals surface area contributed by atoms with Crippen molar-refractivity contribution in [2.75, 3.05) is 6.73 Å². The van der Waals surface area contributed by atoms with Crippen LogP contribution in [0.5, 0.6) is 0 Å².